The second-order valence-corrected chi connectivity index (χ2v) is 9.07. The minimum absolute atomic E-state index is 0.0374. The van der Waals surface area contributed by atoms with Crippen LogP contribution in [0.3, 0.4) is 0 Å². The Morgan fingerprint density at radius 1 is 1.23 bits per heavy atom. The summed E-state index contributed by atoms with van der Waals surface area (Å²) < 4.78 is 12.7. The quantitative estimate of drug-likeness (QED) is 0.403. The Balaban J connectivity index is 1.96. The zero-order chi connectivity index (χ0) is 21.6. The molecule has 3 heterocycles. The zero-order valence-electron chi connectivity index (χ0n) is 16.8. The molecule has 0 saturated heterocycles. The van der Waals surface area contributed by atoms with Crippen molar-refractivity contribution in [2.75, 3.05) is 11.2 Å². The lowest BCUT2D eigenvalue weighted by molar-refractivity contribution is -0.113. The Morgan fingerprint density at radius 3 is 2.60 bits per heavy atom. The number of hydrogen-bond acceptors (Lipinski definition) is 5. The van der Waals surface area contributed by atoms with Gasteiger partial charge in [0.1, 0.15) is 11.6 Å². The number of aromatic nitrogens is 1. The number of pyridine rings is 1. The Labute approximate surface area is 187 Å². The molecule has 1 aliphatic heterocycles. The van der Waals surface area contributed by atoms with Crippen molar-refractivity contribution in [3.8, 4) is 0 Å². The van der Waals surface area contributed by atoms with E-state index in [1.807, 2.05) is 20.8 Å². The summed E-state index contributed by atoms with van der Waals surface area (Å²) in [6.07, 6.45) is 0.595. The van der Waals surface area contributed by atoms with Gasteiger partial charge in [0, 0.05) is 27.7 Å². The normalized spacial score (nSPS) is 15.1. The molecule has 1 amide bonds. The van der Waals surface area contributed by atoms with Crippen LogP contribution in [0.1, 0.15) is 46.8 Å². The van der Waals surface area contributed by atoms with E-state index >= 15 is 0 Å². The maximum atomic E-state index is 13.3. The lowest BCUT2D eigenvalue weighted by atomic mass is 9.89. The van der Waals surface area contributed by atoms with E-state index in [-0.39, 0.29) is 17.4 Å². The molecule has 2 aromatic heterocycles. The Hall–Kier alpha value is -2.22. The van der Waals surface area contributed by atoms with Crippen LogP contribution in [-0.4, -0.2) is 28.2 Å². The monoisotopic (exact) mass is 490 g/mol. The van der Waals surface area contributed by atoms with Crippen molar-refractivity contribution in [2.24, 2.45) is 0 Å². The van der Waals surface area contributed by atoms with Crippen LogP contribution in [-0.2, 0) is 22.6 Å². The number of anilines is 1. The van der Waals surface area contributed by atoms with Crippen LogP contribution < -0.4 is 5.32 Å². The number of carbonyl (C=O) groups is 2. The first-order valence-electron chi connectivity index (χ1n) is 9.45. The third kappa shape index (κ3) is 3.77. The molecular weight excluding hydrogens is 472 g/mol. The van der Waals surface area contributed by atoms with Gasteiger partial charge in [-0.1, -0.05) is 15.9 Å². The van der Waals surface area contributed by atoms with Gasteiger partial charge in [-0.2, -0.15) is 0 Å². The number of ether oxygens (including phenoxy) is 1. The molecule has 156 valence electrons. The number of aryl methyl sites for hydroxylation is 1. The summed E-state index contributed by atoms with van der Waals surface area (Å²) in [6.45, 7) is 6.29. The number of alkyl halides is 1. The van der Waals surface area contributed by atoms with Gasteiger partial charge in [0.2, 0.25) is 23.2 Å². The van der Waals surface area contributed by atoms with Crippen molar-refractivity contribution in [3.63, 3.8) is 0 Å². The van der Waals surface area contributed by atoms with Crippen molar-refractivity contribution in [2.45, 2.75) is 39.4 Å². The number of fused-ring (bicyclic) bond motifs is 3. The number of carbonyl (C=O) groups excluding carboxylic acids is 2. The van der Waals surface area contributed by atoms with Crippen molar-refractivity contribution >= 4 is 56.0 Å². The molecule has 1 aliphatic rings. The number of rotatable bonds is 4. The van der Waals surface area contributed by atoms with Gasteiger partial charge in [-0.3, -0.25) is 9.59 Å². The summed E-state index contributed by atoms with van der Waals surface area (Å²) in [5.74, 6) is -0.974. The highest BCUT2D eigenvalue weighted by molar-refractivity contribution is 9.10. The smallest absolute Gasteiger partial charge is 0.239 e. The van der Waals surface area contributed by atoms with Crippen molar-refractivity contribution < 1.29 is 18.7 Å². The second kappa shape index (κ2) is 7.80. The average molecular weight is 492 g/mol. The van der Waals surface area contributed by atoms with Crippen LogP contribution in [0.15, 0.2) is 33.2 Å². The van der Waals surface area contributed by atoms with Crippen molar-refractivity contribution in [1.82, 2.24) is 4.98 Å². The van der Waals surface area contributed by atoms with Crippen molar-refractivity contribution in [1.29, 1.82) is 0 Å². The van der Waals surface area contributed by atoms with Gasteiger partial charge in [0.25, 0.3) is 0 Å². The molecule has 6 nitrogen and oxygen atoms in total. The maximum absolute atomic E-state index is 13.3. The van der Waals surface area contributed by atoms with Gasteiger partial charge >= 0.3 is 0 Å². The number of furan rings is 1. The number of nitrogens with one attached hydrogen (secondary N) is 1. The molecule has 0 bridgehead atoms. The minimum Gasteiger partial charge on any atom is -0.432 e. The van der Waals surface area contributed by atoms with Gasteiger partial charge in [-0.05, 0) is 50.6 Å². The molecule has 3 aromatic rings. The number of benzene rings is 1. The molecule has 1 N–H and O–H groups in total. The highest BCUT2D eigenvalue weighted by Crippen LogP contribution is 2.40. The Morgan fingerprint density at radius 2 is 1.93 bits per heavy atom. The molecule has 4 rings (SSSR count). The van der Waals surface area contributed by atoms with E-state index in [0.717, 1.165) is 21.3 Å². The average Bonchev–Trinajstić information content (AvgIpc) is 3.05. The second-order valence-electron chi connectivity index (χ2n) is 7.88. The first-order valence-corrected chi connectivity index (χ1v) is 10.8. The van der Waals surface area contributed by atoms with Crippen LogP contribution in [0.4, 0.5) is 5.69 Å². The number of halogens is 2. The van der Waals surface area contributed by atoms with Crippen LogP contribution in [0.2, 0.25) is 0 Å². The van der Waals surface area contributed by atoms with Crippen molar-refractivity contribution in [3.05, 3.63) is 56.9 Å². The fourth-order valence-corrected chi connectivity index (χ4v) is 4.01. The molecule has 0 aliphatic carbocycles. The van der Waals surface area contributed by atoms with E-state index in [9.17, 15) is 9.59 Å². The van der Waals surface area contributed by atoms with Gasteiger partial charge in [-0.15, -0.1) is 11.6 Å². The molecule has 0 saturated carbocycles. The standard InChI is InChI=1S/C22H20BrClN2O4/c1-11-15-10-29-22(2,3)8-14(15)17-18(26-16(27)9-24)20(30-21(17)25-11)19(28)12-4-6-13(23)7-5-12/h4-7H,8-10H2,1-3H3,(H,26,27). The third-order valence-corrected chi connectivity index (χ3v) is 5.94. The van der Waals surface area contributed by atoms with Crippen LogP contribution in [0.25, 0.3) is 11.1 Å². The lowest BCUT2D eigenvalue weighted by Crippen LogP contribution is -2.32. The first-order chi connectivity index (χ1) is 14.2. The number of hydrogen-bond donors (Lipinski definition) is 1. The van der Waals surface area contributed by atoms with E-state index in [1.54, 1.807) is 24.3 Å². The van der Waals surface area contributed by atoms with Crippen LogP contribution in [0.5, 0.6) is 0 Å². The van der Waals surface area contributed by atoms with Gasteiger partial charge in [-0.25, -0.2) is 4.98 Å². The number of nitrogens with zero attached hydrogens (tertiary/aromatic N) is 1. The molecule has 0 unspecified atom stereocenters. The summed E-state index contributed by atoms with van der Waals surface area (Å²) in [5, 5.41) is 3.40. The SMILES string of the molecule is Cc1nc2oc(C(=O)c3ccc(Br)cc3)c(NC(=O)CCl)c2c2c1COC(C)(C)C2. The molecule has 0 fully saturated rings. The summed E-state index contributed by atoms with van der Waals surface area (Å²) in [6, 6.07) is 6.93. The molecule has 0 radical (unpaired) electrons. The maximum Gasteiger partial charge on any atom is 0.239 e. The van der Waals surface area contributed by atoms with Crippen LogP contribution in [0, 0.1) is 6.92 Å². The van der Waals surface area contributed by atoms with Crippen LogP contribution >= 0.6 is 27.5 Å². The highest BCUT2D eigenvalue weighted by atomic mass is 79.9. The predicted octanol–water partition coefficient (Wildman–Crippen LogP) is 5.16. The van der Waals surface area contributed by atoms with Gasteiger partial charge < -0.3 is 14.5 Å². The number of ketones is 1. The highest BCUT2D eigenvalue weighted by Gasteiger charge is 2.33. The summed E-state index contributed by atoms with van der Waals surface area (Å²) in [5.41, 5.74) is 3.37. The topological polar surface area (TPSA) is 81.4 Å². The first kappa shape index (κ1) is 21.0. The Bertz CT molecular complexity index is 1170. The van der Waals surface area contributed by atoms with E-state index in [2.05, 4.69) is 26.2 Å². The molecule has 1 aromatic carbocycles. The van der Waals surface area contributed by atoms with Gasteiger partial charge in [0.15, 0.2) is 0 Å². The summed E-state index contributed by atoms with van der Waals surface area (Å²) in [7, 11) is 0. The summed E-state index contributed by atoms with van der Waals surface area (Å²) in [4.78, 5) is 30.0. The van der Waals surface area contributed by atoms with E-state index in [4.69, 9.17) is 20.8 Å². The third-order valence-electron chi connectivity index (χ3n) is 5.17. The predicted molar refractivity (Wildman–Crippen MR) is 118 cm³/mol. The largest absolute Gasteiger partial charge is 0.432 e. The number of amides is 1. The summed E-state index contributed by atoms with van der Waals surface area (Å²) >= 11 is 9.10. The molecule has 0 spiro atoms. The lowest BCUT2D eigenvalue weighted by Gasteiger charge is -2.32. The van der Waals surface area contributed by atoms with Gasteiger partial charge in [0.05, 0.1) is 17.6 Å². The fraction of sp³-hybridized carbons (Fsp3) is 0.318. The fourth-order valence-electron chi connectivity index (χ4n) is 3.68. The van der Waals surface area contributed by atoms with E-state index in [0.29, 0.717) is 35.4 Å². The zero-order valence-corrected chi connectivity index (χ0v) is 19.1. The van der Waals surface area contributed by atoms with E-state index in [1.165, 1.54) is 0 Å². The van der Waals surface area contributed by atoms with E-state index < -0.39 is 11.5 Å². The molecule has 30 heavy (non-hydrogen) atoms. The molecular formula is C22H20BrClN2O4. The minimum atomic E-state index is -0.426. The molecule has 0 atom stereocenters. The Kier molecular flexibility index (Phi) is 5.46. The molecule has 8 heteroatoms.